The quantitative estimate of drug-likeness (QED) is 0.321. The van der Waals surface area contributed by atoms with Crippen molar-refractivity contribution in [2.45, 2.75) is 12.6 Å². The molecule has 1 aromatic heterocycles. The lowest BCUT2D eigenvalue weighted by atomic mass is 9.98. The van der Waals surface area contributed by atoms with Crippen LogP contribution >= 0.6 is 11.6 Å². The molecule has 0 saturated heterocycles. The van der Waals surface area contributed by atoms with Crippen molar-refractivity contribution in [1.29, 1.82) is 0 Å². The number of hydrogen-bond donors (Lipinski definition) is 0. The summed E-state index contributed by atoms with van der Waals surface area (Å²) in [6.45, 7) is 1.31. The van der Waals surface area contributed by atoms with E-state index in [1.54, 1.807) is 42.3 Å². The highest BCUT2D eigenvalue weighted by atomic mass is 35.5. The Kier molecular flexibility index (Phi) is 6.91. The maximum Gasteiger partial charge on any atom is 0.290 e. The standard InChI is InChI=1S/C29H27ClN2O5/c1-31(2)14-15-32-26(25-27(33)20-9-5-7-11-22(20)37-28(25)29(32)34)18-12-13-23(24(16-18)35-3)36-17-19-8-4-6-10-21(19)30/h4-13,16,26H,14-15,17H2,1-3H3/t26-/m0/s1. The summed E-state index contributed by atoms with van der Waals surface area (Å²) in [5, 5.41) is 1.06. The van der Waals surface area contributed by atoms with Gasteiger partial charge in [0.25, 0.3) is 5.91 Å². The first-order valence-corrected chi connectivity index (χ1v) is 12.3. The van der Waals surface area contributed by atoms with Gasteiger partial charge in [-0.3, -0.25) is 9.59 Å². The second-order valence-electron chi connectivity index (χ2n) is 9.16. The van der Waals surface area contributed by atoms with E-state index in [4.69, 9.17) is 25.5 Å². The topological polar surface area (TPSA) is 72.2 Å². The summed E-state index contributed by atoms with van der Waals surface area (Å²) in [7, 11) is 5.43. The van der Waals surface area contributed by atoms with Crippen LogP contribution < -0.4 is 14.9 Å². The van der Waals surface area contributed by atoms with Crippen molar-refractivity contribution in [3.63, 3.8) is 0 Å². The van der Waals surface area contributed by atoms with Crippen LogP contribution in [0.4, 0.5) is 0 Å². The number of rotatable bonds is 8. The lowest BCUT2D eigenvalue weighted by molar-refractivity contribution is 0.0716. The third kappa shape index (κ3) is 4.68. The molecular formula is C29H27ClN2O5. The van der Waals surface area contributed by atoms with E-state index in [2.05, 4.69) is 0 Å². The zero-order valence-electron chi connectivity index (χ0n) is 20.9. The van der Waals surface area contributed by atoms with Crippen molar-refractivity contribution in [2.75, 3.05) is 34.3 Å². The summed E-state index contributed by atoms with van der Waals surface area (Å²) in [6, 6.07) is 19.3. The molecule has 37 heavy (non-hydrogen) atoms. The Morgan fingerprint density at radius 3 is 2.51 bits per heavy atom. The molecule has 0 unspecified atom stereocenters. The monoisotopic (exact) mass is 518 g/mol. The summed E-state index contributed by atoms with van der Waals surface area (Å²) in [5.74, 6) is 0.803. The minimum atomic E-state index is -0.616. The second kappa shape index (κ2) is 10.3. The molecule has 1 atom stereocenters. The molecule has 0 fully saturated rings. The zero-order chi connectivity index (χ0) is 26.1. The molecule has 190 valence electrons. The maximum absolute atomic E-state index is 13.6. The molecule has 3 aromatic carbocycles. The first-order valence-electron chi connectivity index (χ1n) is 11.9. The van der Waals surface area contributed by atoms with E-state index in [0.29, 0.717) is 46.1 Å². The fourth-order valence-corrected chi connectivity index (χ4v) is 4.79. The van der Waals surface area contributed by atoms with E-state index in [1.165, 1.54) is 0 Å². The van der Waals surface area contributed by atoms with E-state index < -0.39 is 6.04 Å². The van der Waals surface area contributed by atoms with Gasteiger partial charge >= 0.3 is 0 Å². The molecule has 4 aromatic rings. The highest BCUT2D eigenvalue weighted by Crippen LogP contribution is 2.41. The van der Waals surface area contributed by atoms with Gasteiger partial charge in [-0.2, -0.15) is 0 Å². The van der Waals surface area contributed by atoms with Gasteiger partial charge in [0.05, 0.1) is 24.1 Å². The maximum atomic E-state index is 13.6. The lowest BCUT2D eigenvalue weighted by Gasteiger charge is -2.27. The number of nitrogens with zero attached hydrogens (tertiary/aromatic N) is 2. The largest absolute Gasteiger partial charge is 0.493 e. The summed E-state index contributed by atoms with van der Waals surface area (Å²) in [5.41, 5.74) is 2.11. The summed E-state index contributed by atoms with van der Waals surface area (Å²) in [4.78, 5) is 30.8. The lowest BCUT2D eigenvalue weighted by Crippen LogP contribution is -2.35. The smallest absolute Gasteiger partial charge is 0.290 e. The van der Waals surface area contributed by atoms with E-state index in [-0.39, 0.29) is 23.7 Å². The number of ether oxygens (including phenoxy) is 2. The van der Waals surface area contributed by atoms with Crippen LogP contribution in [-0.4, -0.2) is 50.0 Å². The number of carbonyl (C=O) groups excluding carboxylic acids is 1. The summed E-state index contributed by atoms with van der Waals surface area (Å²) in [6.07, 6.45) is 0. The number of amides is 1. The first-order chi connectivity index (χ1) is 17.9. The fraction of sp³-hybridized carbons (Fsp3) is 0.241. The molecule has 5 rings (SSSR count). The molecule has 1 amide bonds. The Morgan fingerprint density at radius 1 is 1.00 bits per heavy atom. The molecule has 0 saturated carbocycles. The Labute approximate surface area is 219 Å². The molecule has 7 nitrogen and oxygen atoms in total. The van der Waals surface area contributed by atoms with Gasteiger partial charge in [-0.1, -0.05) is 48.0 Å². The molecule has 1 aliphatic rings. The third-order valence-corrected chi connectivity index (χ3v) is 6.87. The molecular weight excluding hydrogens is 492 g/mol. The molecule has 8 heteroatoms. The Bertz CT molecular complexity index is 1530. The van der Waals surface area contributed by atoms with Gasteiger partial charge in [-0.05, 0) is 50.0 Å². The number of methoxy groups -OCH3 is 1. The normalized spacial score (nSPS) is 14.9. The van der Waals surface area contributed by atoms with Crippen molar-refractivity contribution in [2.24, 2.45) is 0 Å². The molecule has 1 aliphatic heterocycles. The van der Waals surface area contributed by atoms with Gasteiger partial charge in [0.15, 0.2) is 16.9 Å². The van der Waals surface area contributed by atoms with Gasteiger partial charge in [-0.15, -0.1) is 0 Å². The van der Waals surface area contributed by atoms with E-state index in [1.807, 2.05) is 55.4 Å². The highest BCUT2D eigenvalue weighted by molar-refractivity contribution is 6.31. The van der Waals surface area contributed by atoms with Gasteiger partial charge in [0, 0.05) is 23.7 Å². The number of fused-ring (bicyclic) bond motifs is 2. The molecule has 0 bridgehead atoms. The number of halogens is 1. The summed E-state index contributed by atoms with van der Waals surface area (Å²) < 4.78 is 17.6. The highest BCUT2D eigenvalue weighted by Gasteiger charge is 2.42. The molecule has 0 radical (unpaired) electrons. The van der Waals surface area contributed by atoms with Crippen molar-refractivity contribution < 1.29 is 18.7 Å². The van der Waals surface area contributed by atoms with Crippen LogP contribution in [0.15, 0.2) is 75.9 Å². The summed E-state index contributed by atoms with van der Waals surface area (Å²) >= 11 is 6.27. The average molecular weight is 519 g/mol. The van der Waals surface area contributed by atoms with Gasteiger partial charge < -0.3 is 23.7 Å². The first kappa shape index (κ1) is 24.9. The van der Waals surface area contributed by atoms with Crippen LogP contribution in [0.1, 0.15) is 33.3 Å². The van der Waals surface area contributed by atoms with Crippen LogP contribution in [0.3, 0.4) is 0 Å². The van der Waals surface area contributed by atoms with Crippen LogP contribution in [-0.2, 0) is 6.61 Å². The van der Waals surface area contributed by atoms with Crippen LogP contribution in [0, 0.1) is 0 Å². The Balaban J connectivity index is 1.56. The number of carbonyl (C=O) groups is 1. The predicted molar refractivity (Wildman–Crippen MR) is 143 cm³/mol. The van der Waals surface area contributed by atoms with Crippen molar-refractivity contribution in [3.8, 4) is 11.5 Å². The predicted octanol–water partition coefficient (Wildman–Crippen LogP) is 5.14. The number of para-hydroxylation sites is 1. The number of benzene rings is 3. The van der Waals surface area contributed by atoms with Crippen LogP contribution in [0.5, 0.6) is 11.5 Å². The minimum absolute atomic E-state index is 0.0884. The van der Waals surface area contributed by atoms with E-state index in [9.17, 15) is 9.59 Å². The SMILES string of the molecule is COc1cc([C@H]2c3c(oc4ccccc4c3=O)C(=O)N2CCN(C)C)ccc1OCc1ccccc1Cl. The van der Waals surface area contributed by atoms with Crippen molar-refractivity contribution in [1.82, 2.24) is 9.80 Å². The molecule has 0 aliphatic carbocycles. The zero-order valence-corrected chi connectivity index (χ0v) is 21.6. The van der Waals surface area contributed by atoms with E-state index >= 15 is 0 Å². The van der Waals surface area contributed by atoms with Gasteiger partial charge in [0.1, 0.15) is 12.2 Å². The van der Waals surface area contributed by atoms with Crippen molar-refractivity contribution in [3.05, 3.63) is 104 Å². The molecule has 2 heterocycles. The van der Waals surface area contributed by atoms with Gasteiger partial charge in [0.2, 0.25) is 5.76 Å². The van der Waals surface area contributed by atoms with Crippen molar-refractivity contribution >= 4 is 28.5 Å². The Hall–Kier alpha value is -3.81. The third-order valence-electron chi connectivity index (χ3n) is 6.51. The number of likely N-dealkylation sites (N-methyl/N-ethyl adjacent to an activating group) is 1. The average Bonchev–Trinajstić information content (AvgIpc) is 3.18. The van der Waals surface area contributed by atoms with Gasteiger partial charge in [-0.25, -0.2) is 0 Å². The second-order valence-corrected chi connectivity index (χ2v) is 9.57. The Morgan fingerprint density at radius 2 is 1.76 bits per heavy atom. The van der Waals surface area contributed by atoms with E-state index in [0.717, 1.165) is 11.1 Å². The molecule has 0 spiro atoms. The van der Waals surface area contributed by atoms with Crippen LogP contribution in [0.25, 0.3) is 11.0 Å². The number of hydrogen-bond acceptors (Lipinski definition) is 6. The fourth-order valence-electron chi connectivity index (χ4n) is 4.60. The van der Waals surface area contributed by atoms with Crippen LogP contribution in [0.2, 0.25) is 5.02 Å². The molecule has 0 N–H and O–H groups in total. The minimum Gasteiger partial charge on any atom is -0.493 e.